The Morgan fingerprint density at radius 3 is 2.59 bits per heavy atom. The molecule has 32 heavy (non-hydrogen) atoms. The Balaban J connectivity index is 1.71. The molecule has 0 bridgehead atoms. The van der Waals surface area contributed by atoms with Gasteiger partial charge in [-0.3, -0.25) is 0 Å². The Hall–Kier alpha value is -2.47. The van der Waals surface area contributed by atoms with Crippen molar-refractivity contribution < 1.29 is 23.7 Å². The fourth-order valence-electron chi connectivity index (χ4n) is 6.25. The van der Waals surface area contributed by atoms with E-state index in [4.69, 9.17) is 18.6 Å². The average Bonchev–Trinajstić information content (AvgIpc) is 2.75. The van der Waals surface area contributed by atoms with E-state index < -0.39 is 5.63 Å². The van der Waals surface area contributed by atoms with Crippen LogP contribution in [0.3, 0.4) is 0 Å². The monoisotopic (exact) mass is 442 g/mol. The van der Waals surface area contributed by atoms with Gasteiger partial charge >= 0.3 is 5.63 Å². The molecule has 174 valence electrons. The van der Waals surface area contributed by atoms with Crippen LogP contribution in [0.2, 0.25) is 0 Å². The van der Waals surface area contributed by atoms with Gasteiger partial charge in [-0.25, -0.2) is 4.79 Å². The number of aliphatic hydroxyl groups excluding tert-OH is 1. The molecule has 1 aromatic carbocycles. The second-order valence-corrected chi connectivity index (χ2v) is 10.1. The molecule has 4 unspecified atom stereocenters. The summed E-state index contributed by atoms with van der Waals surface area (Å²) in [6.45, 7) is 11.5. The summed E-state index contributed by atoms with van der Waals surface area (Å²) in [5.41, 5.74) is 0.881. The van der Waals surface area contributed by atoms with E-state index >= 15 is 0 Å². The molecule has 2 aromatic rings. The molecule has 2 aliphatic rings. The molecule has 6 heteroatoms. The normalized spacial score (nSPS) is 29.4. The quantitative estimate of drug-likeness (QED) is 0.521. The standard InChI is InChI=1S/C26H34O6/c1-15-7-9-19-25(2,3)20(27)11-12-26(19,4)17(15)14-31-23-18(29-5)13-16-8-10-21(28)32-22(16)24(23)30-6/h8,10,13,17,19-20,27H,1,7,9,11-12,14H2,2-6H3. The number of hydrogen-bond donors (Lipinski definition) is 1. The van der Waals surface area contributed by atoms with Gasteiger partial charge in [-0.05, 0) is 54.6 Å². The minimum absolute atomic E-state index is 0.0258. The molecule has 4 atom stereocenters. The highest BCUT2D eigenvalue weighted by atomic mass is 16.5. The maximum Gasteiger partial charge on any atom is 0.336 e. The second kappa shape index (κ2) is 8.14. The van der Waals surface area contributed by atoms with Gasteiger partial charge < -0.3 is 23.7 Å². The molecular weight excluding hydrogens is 408 g/mol. The van der Waals surface area contributed by atoms with Crippen LogP contribution in [-0.2, 0) is 0 Å². The SMILES string of the molecule is C=C1CCC2C(C)(C)C(O)CCC2(C)C1COc1c(OC)cc2ccc(=O)oc2c1OC. The molecule has 0 aliphatic heterocycles. The van der Waals surface area contributed by atoms with Crippen LogP contribution in [0.25, 0.3) is 11.0 Å². The first kappa shape index (κ1) is 22.7. The molecule has 0 radical (unpaired) electrons. The lowest BCUT2D eigenvalue weighted by Gasteiger charge is -2.59. The number of rotatable bonds is 5. The van der Waals surface area contributed by atoms with Crippen molar-refractivity contribution in [1.82, 2.24) is 0 Å². The summed E-state index contributed by atoms with van der Waals surface area (Å²) in [6.07, 6.45) is 3.36. The third-order valence-electron chi connectivity index (χ3n) is 8.16. The topological polar surface area (TPSA) is 78.1 Å². The molecule has 4 rings (SSSR count). The lowest BCUT2D eigenvalue weighted by atomic mass is 9.47. The van der Waals surface area contributed by atoms with Crippen LogP contribution in [0.4, 0.5) is 0 Å². The van der Waals surface area contributed by atoms with Gasteiger partial charge in [0, 0.05) is 17.4 Å². The maximum absolute atomic E-state index is 11.8. The van der Waals surface area contributed by atoms with E-state index in [0.29, 0.717) is 40.7 Å². The zero-order chi connectivity index (χ0) is 23.3. The minimum atomic E-state index is -0.453. The van der Waals surface area contributed by atoms with E-state index in [1.165, 1.54) is 18.7 Å². The third kappa shape index (κ3) is 3.49. The lowest BCUT2D eigenvalue weighted by Crippen LogP contribution is -2.55. The van der Waals surface area contributed by atoms with Crippen LogP contribution in [0.1, 0.15) is 46.5 Å². The number of methoxy groups -OCH3 is 2. The van der Waals surface area contributed by atoms with E-state index in [2.05, 4.69) is 27.4 Å². The fraction of sp³-hybridized carbons (Fsp3) is 0.577. The Morgan fingerprint density at radius 2 is 1.91 bits per heavy atom. The summed E-state index contributed by atoms with van der Waals surface area (Å²) in [6, 6.07) is 4.84. The number of aliphatic hydroxyl groups is 1. The Kier molecular flexibility index (Phi) is 5.78. The largest absolute Gasteiger partial charge is 0.493 e. The number of benzene rings is 1. The molecule has 1 heterocycles. The molecule has 0 saturated heterocycles. The van der Waals surface area contributed by atoms with Crippen LogP contribution in [0, 0.1) is 22.7 Å². The molecule has 2 aliphatic carbocycles. The Bertz CT molecular complexity index is 1080. The molecule has 2 fully saturated rings. The van der Waals surface area contributed by atoms with Crippen LogP contribution in [0.15, 0.2) is 39.6 Å². The molecule has 1 aromatic heterocycles. The summed E-state index contributed by atoms with van der Waals surface area (Å²) in [7, 11) is 3.10. The lowest BCUT2D eigenvalue weighted by molar-refractivity contribution is -0.128. The highest BCUT2D eigenvalue weighted by Crippen LogP contribution is 2.61. The van der Waals surface area contributed by atoms with Gasteiger partial charge in [0.2, 0.25) is 11.5 Å². The van der Waals surface area contributed by atoms with Crippen LogP contribution >= 0.6 is 0 Å². The minimum Gasteiger partial charge on any atom is -0.493 e. The first-order valence-electron chi connectivity index (χ1n) is 11.3. The molecule has 0 spiro atoms. The van der Waals surface area contributed by atoms with Crippen molar-refractivity contribution in [3.8, 4) is 17.2 Å². The third-order valence-corrected chi connectivity index (χ3v) is 8.16. The van der Waals surface area contributed by atoms with E-state index in [-0.39, 0.29) is 22.9 Å². The van der Waals surface area contributed by atoms with Crippen molar-refractivity contribution in [3.63, 3.8) is 0 Å². The highest BCUT2D eigenvalue weighted by molar-refractivity contribution is 5.88. The zero-order valence-electron chi connectivity index (χ0n) is 19.7. The molecule has 2 saturated carbocycles. The fourth-order valence-corrected chi connectivity index (χ4v) is 6.25. The Labute approximate surface area is 189 Å². The first-order chi connectivity index (χ1) is 15.1. The van der Waals surface area contributed by atoms with E-state index in [9.17, 15) is 9.90 Å². The molecule has 6 nitrogen and oxygen atoms in total. The number of ether oxygens (including phenoxy) is 3. The van der Waals surface area contributed by atoms with Gasteiger partial charge in [-0.15, -0.1) is 0 Å². The number of hydrogen-bond acceptors (Lipinski definition) is 6. The molecular formula is C26H34O6. The van der Waals surface area contributed by atoms with Crippen LogP contribution < -0.4 is 19.8 Å². The van der Waals surface area contributed by atoms with Crippen molar-refractivity contribution >= 4 is 11.0 Å². The van der Waals surface area contributed by atoms with Gasteiger partial charge in [0.25, 0.3) is 0 Å². The smallest absolute Gasteiger partial charge is 0.336 e. The number of fused-ring (bicyclic) bond motifs is 2. The maximum atomic E-state index is 11.8. The predicted octanol–water partition coefficient (Wildman–Crippen LogP) is 4.96. The summed E-state index contributed by atoms with van der Waals surface area (Å²) < 4.78 is 23.0. The van der Waals surface area contributed by atoms with Gasteiger partial charge in [0.1, 0.15) is 0 Å². The zero-order valence-corrected chi connectivity index (χ0v) is 19.7. The van der Waals surface area contributed by atoms with Crippen molar-refractivity contribution in [2.45, 2.75) is 52.6 Å². The predicted molar refractivity (Wildman–Crippen MR) is 124 cm³/mol. The van der Waals surface area contributed by atoms with E-state index in [1.807, 2.05) is 0 Å². The van der Waals surface area contributed by atoms with Crippen molar-refractivity contribution in [2.24, 2.45) is 22.7 Å². The van der Waals surface area contributed by atoms with Gasteiger partial charge in [-0.1, -0.05) is 32.9 Å². The van der Waals surface area contributed by atoms with Crippen molar-refractivity contribution in [1.29, 1.82) is 0 Å². The Morgan fingerprint density at radius 1 is 1.16 bits per heavy atom. The van der Waals surface area contributed by atoms with Crippen LogP contribution in [0.5, 0.6) is 17.2 Å². The van der Waals surface area contributed by atoms with Crippen LogP contribution in [-0.4, -0.2) is 32.0 Å². The summed E-state index contributed by atoms with van der Waals surface area (Å²) >= 11 is 0. The van der Waals surface area contributed by atoms with E-state index in [0.717, 1.165) is 25.7 Å². The van der Waals surface area contributed by atoms with Crippen molar-refractivity contribution in [3.05, 3.63) is 40.8 Å². The van der Waals surface area contributed by atoms with Crippen molar-refractivity contribution in [2.75, 3.05) is 20.8 Å². The second-order valence-electron chi connectivity index (χ2n) is 10.1. The van der Waals surface area contributed by atoms with Gasteiger partial charge in [0.15, 0.2) is 11.3 Å². The van der Waals surface area contributed by atoms with E-state index in [1.54, 1.807) is 19.2 Å². The summed E-state index contributed by atoms with van der Waals surface area (Å²) in [4.78, 5) is 11.8. The summed E-state index contributed by atoms with van der Waals surface area (Å²) in [5, 5.41) is 11.4. The molecule has 1 N–H and O–H groups in total. The average molecular weight is 443 g/mol. The van der Waals surface area contributed by atoms with Gasteiger partial charge in [0.05, 0.1) is 26.9 Å². The molecule has 0 amide bonds. The van der Waals surface area contributed by atoms with Gasteiger partial charge in [-0.2, -0.15) is 0 Å². The summed E-state index contributed by atoms with van der Waals surface area (Å²) in [5.74, 6) is 1.79. The first-order valence-corrected chi connectivity index (χ1v) is 11.3. The highest BCUT2D eigenvalue weighted by Gasteiger charge is 2.56.